The van der Waals surface area contributed by atoms with Crippen LogP contribution in [0.15, 0.2) is 66.7 Å². The van der Waals surface area contributed by atoms with Gasteiger partial charge in [-0.05, 0) is 43.9 Å². The fraction of sp³-hybridized carbons (Fsp3) is 0.227. The summed E-state index contributed by atoms with van der Waals surface area (Å²) in [5.41, 5.74) is 6.88. The molecule has 0 heterocycles. The summed E-state index contributed by atoms with van der Waals surface area (Å²) in [7, 11) is 4.09. The first kappa shape index (κ1) is 24.4. The first-order valence-electron chi connectivity index (χ1n) is 9.09. The lowest BCUT2D eigenvalue weighted by atomic mass is 10.1. The van der Waals surface area contributed by atoms with Crippen LogP contribution in [0.2, 0.25) is 0 Å². The number of hydrogen-bond acceptors (Lipinski definition) is 5. The van der Waals surface area contributed by atoms with E-state index in [0.29, 0.717) is 17.7 Å². The van der Waals surface area contributed by atoms with Gasteiger partial charge in [0.25, 0.3) is 0 Å². The number of hydrogen-bond donors (Lipinski definition) is 3. The van der Waals surface area contributed by atoms with Crippen LogP contribution in [-0.2, 0) is 9.59 Å². The smallest absolute Gasteiger partial charge is 0.328 e. The minimum absolute atomic E-state index is 0.0250. The van der Waals surface area contributed by atoms with Gasteiger partial charge in [-0.25, -0.2) is 9.59 Å². The third kappa shape index (κ3) is 10.0. The van der Waals surface area contributed by atoms with Crippen molar-refractivity contribution in [3.63, 3.8) is 0 Å². The zero-order valence-electron chi connectivity index (χ0n) is 16.9. The number of benzene rings is 2. The summed E-state index contributed by atoms with van der Waals surface area (Å²) in [4.78, 5) is 32.4. The molecule has 0 aliphatic carbocycles. The Labute approximate surface area is 175 Å². The van der Waals surface area contributed by atoms with Crippen LogP contribution in [0.3, 0.4) is 0 Å². The van der Waals surface area contributed by atoms with Crippen molar-refractivity contribution in [2.24, 2.45) is 5.73 Å². The molecule has 0 fully saturated rings. The van der Waals surface area contributed by atoms with Crippen molar-refractivity contribution in [2.45, 2.75) is 12.5 Å². The molecule has 0 radical (unpaired) electrons. The van der Waals surface area contributed by atoms with E-state index in [9.17, 15) is 14.4 Å². The predicted molar refractivity (Wildman–Crippen MR) is 112 cm³/mol. The molecule has 2 aromatic rings. The van der Waals surface area contributed by atoms with Gasteiger partial charge in [0.2, 0.25) is 5.91 Å². The summed E-state index contributed by atoms with van der Waals surface area (Å²) < 4.78 is 6.11. The molecule has 0 aromatic heterocycles. The van der Waals surface area contributed by atoms with Crippen LogP contribution in [0, 0.1) is 0 Å². The highest BCUT2D eigenvalue weighted by molar-refractivity contribution is 5.92. The highest BCUT2D eigenvalue weighted by atomic mass is 16.5. The maximum atomic E-state index is 11.1. The molecule has 0 bridgehead atoms. The second-order valence-electron chi connectivity index (χ2n) is 6.51. The topological polar surface area (TPSA) is 130 Å². The number of primary amides is 1. The molecule has 2 rings (SSSR count). The molecular weight excluding hydrogens is 388 g/mol. The van der Waals surface area contributed by atoms with E-state index in [0.717, 1.165) is 24.3 Å². The van der Waals surface area contributed by atoms with Crippen molar-refractivity contribution >= 4 is 17.8 Å². The second-order valence-corrected chi connectivity index (χ2v) is 6.51. The van der Waals surface area contributed by atoms with Crippen LogP contribution in [0.1, 0.15) is 28.4 Å². The van der Waals surface area contributed by atoms with Crippen LogP contribution in [0.5, 0.6) is 5.75 Å². The maximum absolute atomic E-state index is 11.1. The van der Waals surface area contributed by atoms with E-state index in [2.05, 4.69) is 17.0 Å². The van der Waals surface area contributed by atoms with Gasteiger partial charge in [-0.2, -0.15) is 0 Å². The molecule has 8 nitrogen and oxygen atoms in total. The number of carboxylic acids is 2. The molecule has 0 saturated heterocycles. The van der Waals surface area contributed by atoms with E-state index >= 15 is 0 Å². The number of carbonyl (C=O) groups is 3. The molecule has 160 valence electrons. The maximum Gasteiger partial charge on any atom is 0.328 e. The Kier molecular flexibility index (Phi) is 10.4. The van der Waals surface area contributed by atoms with Crippen LogP contribution < -0.4 is 10.5 Å². The van der Waals surface area contributed by atoms with Crippen LogP contribution in [-0.4, -0.2) is 53.6 Å². The van der Waals surface area contributed by atoms with E-state index in [1.165, 1.54) is 0 Å². The van der Waals surface area contributed by atoms with E-state index in [4.69, 9.17) is 20.7 Å². The summed E-state index contributed by atoms with van der Waals surface area (Å²) >= 11 is 0. The normalized spacial score (nSPS) is 11.4. The Bertz CT molecular complexity index is 832. The second kappa shape index (κ2) is 12.7. The average Bonchev–Trinajstić information content (AvgIpc) is 2.71. The third-order valence-corrected chi connectivity index (χ3v) is 3.80. The number of carboxylic acid groups (broad SMARTS) is 2. The lowest BCUT2D eigenvalue weighted by Gasteiger charge is -2.21. The fourth-order valence-corrected chi connectivity index (χ4v) is 2.34. The van der Waals surface area contributed by atoms with E-state index in [1.807, 2.05) is 32.3 Å². The Morgan fingerprint density at radius 3 is 1.93 bits per heavy atom. The van der Waals surface area contributed by atoms with Gasteiger partial charge in [-0.1, -0.05) is 30.3 Å². The fourth-order valence-electron chi connectivity index (χ4n) is 2.34. The highest BCUT2D eigenvalue weighted by Crippen LogP contribution is 2.25. The van der Waals surface area contributed by atoms with Gasteiger partial charge < -0.3 is 25.6 Å². The van der Waals surface area contributed by atoms with E-state index in [1.54, 1.807) is 24.3 Å². The van der Waals surface area contributed by atoms with Gasteiger partial charge in [0.15, 0.2) is 0 Å². The van der Waals surface area contributed by atoms with Crippen LogP contribution in [0.25, 0.3) is 0 Å². The van der Waals surface area contributed by atoms with Crippen molar-refractivity contribution in [3.05, 3.63) is 77.9 Å². The molecule has 30 heavy (non-hydrogen) atoms. The highest BCUT2D eigenvalue weighted by Gasteiger charge is 2.14. The molecule has 4 N–H and O–H groups in total. The van der Waals surface area contributed by atoms with E-state index < -0.39 is 17.8 Å². The molecule has 0 saturated carbocycles. The largest absolute Gasteiger partial charge is 0.486 e. The lowest BCUT2D eigenvalue weighted by Crippen LogP contribution is -2.18. The van der Waals surface area contributed by atoms with Crippen molar-refractivity contribution in [1.29, 1.82) is 0 Å². The van der Waals surface area contributed by atoms with E-state index in [-0.39, 0.29) is 6.10 Å². The average molecular weight is 414 g/mol. The summed E-state index contributed by atoms with van der Waals surface area (Å²) in [6.07, 6.45) is 1.97. The van der Waals surface area contributed by atoms with Crippen LogP contribution >= 0.6 is 0 Å². The van der Waals surface area contributed by atoms with Crippen LogP contribution in [0.4, 0.5) is 0 Å². The molecule has 0 aliphatic rings. The van der Waals surface area contributed by atoms with Gasteiger partial charge in [-0.15, -0.1) is 0 Å². The number of rotatable bonds is 9. The Hall–Kier alpha value is -3.65. The zero-order chi connectivity index (χ0) is 22.5. The number of carbonyl (C=O) groups excluding carboxylic acids is 1. The molecule has 1 amide bonds. The number of ether oxygens (including phenoxy) is 1. The summed E-state index contributed by atoms with van der Waals surface area (Å²) in [6, 6.07) is 17.1. The number of aliphatic carboxylic acids is 2. The minimum Gasteiger partial charge on any atom is -0.486 e. The number of amides is 1. The van der Waals surface area contributed by atoms with Gasteiger partial charge in [0, 0.05) is 30.7 Å². The van der Waals surface area contributed by atoms with Gasteiger partial charge in [0.05, 0.1) is 0 Å². The Morgan fingerprint density at radius 1 is 0.967 bits per heavy atom. The molecule has 8 heteroatoms. The number of nitrogens with zero attached hydrogens (tertiary/aromatic N) is 1. The Morgan fingerprint density at radius 2 is 1.50 bits per heavy atom. The summed E-state index contributed by atoms with van der Waals surface area (Å²) in [5, 5.41) is 15.6. The number of nitrogens with two attached hydrogens (primary N) is 1. The molecule has 0 aliphatic heterocycles. The summed E-state index contributed by atoms with van der Waals surface area (Å²) in [5.74, 6) is -2.21. The quantitative estimate of drug-likeness (QED) is 0.538. The first-order valence-corrected chi connectivity index (χ1v) is 9.09. The molecule has 1 atom stereocenters. The molecule has 2 aromatic carbocycles. The lowest BCUT2D eigenvalue weighted by molar-refractivity contribution is -0.134. The van der Waals surface area contributed by atoms with Crippen molar-refractivity contribution in [3.8, 4) is 5.75 Å². The zero-order valence-corrected chi connectivity index (χ0v) is 16.9. The molecule has 0 spiro atoms. The standard InChI is InChI=1S/C18H22N2O2.C4H4O4/c1-20(2)13-12-17(14-6-4-3-5-7-14)22-16-10-8-15(9-11-16)18(19)21;5-3(6)1-2-4(7)8/h3-11,17H,12-13H2,1-2H3,(H2,19,21);1-2H,(H,5,6)(H,7,8)/b;2-1-. The van der Waals surface area contributed by atoms with Gasteiger partial charge >= 0.3 is 11.9 Å². The Balaban J connectivity index is 0.000000479. The third-order valence-electron chi connectivity index (χ3n) is 3.80. The van der Waals surface area contributed by atoms with Crippen molar-refractivity contribution in [1.82, 2.24) is 4.90 Å². The predicted octanol–water partition coefficient (Wildman–Crippen LogP) is 2.57. The molecular formula is C22H26N2O6. The SMILES string of the molecule is CN(C)CCC(Oc1ccc(C(N)=O)cc1)c1ccccc1.O=C(O)/C=C\C(=O)O. The first-order chi connectivity index (χ1) is 14.2. The van der Waals surface area contributed by atoms with Gasteiger partial charge in [0.1, 0.15) is 11.9 Å². The monoisotopic (exact) mass is 414 g/mol. The van der Waals surface area contributed by atoms with Crippen molar-refractivity contribution < 1.29 is 29.3 Å². The summed E-state index contributed by atoms with van der Waals surface area (Å²) in [6.45, 7) is 0.929. The minimum atomic E-state index is -1.26. The molecule has 1 unspecified atom stereocenters. The van der Waals surface area contributed by atoms with Gasteiger partial charge in [-0.3, -0.25) is 4.79 Å². The van der Waals surface area contributed by atoms with Crippen molar-refractivity contribution in [2.75, 3.05) is 20.6 Å².